The Labute approximate surface area is 115 Å². The lowest BCUT2D eigenvalue weighted by atomic mass is 10.1. The Morgan fingerprint density at radius 2 is 1.89 bits per heavy atom. The molecule has 1 aromatic heterocycles. The molecule has 1 N–H and O–H groups in total. The summed E-state index contributed by atoms with van der Waals surface area (Å²) in [5.41, 5.74) is 0.661. The average Bonchev–Trinajstić information content (AvgIpc) is 2.46. The molecule has 19 heavy (non-hydrogen) atoms. The van der Waals surface area contributed by atoms with Gasteiger partial charge < -0.3 is 9.47 Å². The third-order valence-electron chi connectivity index (χ3n) is 2.95. The molecule has 0 aliphatic rings. The molecule has 1 heterocycles. The van der Waals surface area contributed by atoms with Crippen LogP contribution in [0.1, 0.15) is 51.0 Å². The van der Waals surface area contributed by atoms with Gasteiger partial charge in [0.15, 0.2) is 0 Å². The van der Waals surface area contributed by atoms with E-state index in [2.05, 4.69) is 11.9 Å². The molecule has 1 aromatic rings. The fraction of sp³-hybridized carbons (Fsp3) is 0.600. The predicted molar refractivity (Wildman–Crippen MR) is 76.9 cm³/mol. The molecule has 4 heteroatoms. The van der Waals surface area contributed by atoms with Crippen LogP contribution in [0.15, 0.2) is 18.3 Å². The van der Waals surface area contributed by atoms with Crippen molar-refractivity contribution in [2.45, 2.75) is 45.4 Å². The Morgan fingerprint density at radius 3 is 2.53 bits per heavy atom. The number of methoxy groups -OCH3 is 1. The first kappa shape index (κ1) is 15.5. The second-order valence-corrected chi connectivity index (χ2v) is 4.53. The minimum atomic E-state index is 0.120. The van der Waals surface area contributed by atoms with Crippen LogP contribution in [0.5, 0.6) is 5.88 Å². The summed E-state index contributed by atoms with van der Waals surface area (Å²) >= 11 is 0. The Bertz CT molecular complexity index is 363. The molecule has 106 valence electrons. The number of ether oxygens (including phenoxy) is 2. The number of unbranched alkanes of at least 4 members (excludes halogenated alkanes) is 5. The molecule has 0 unspecified atom stereocenters. The Morgan fingerprint density at radius 1 is 1.16 bits per heavy atom. The second kappa shape index (κ2) is 9.36. The summed E-state index contributed by atoms with van der Waals surface area (Å²) < 4.78 is 10.4. The van der Waals surface area contributed by atoms with Crippen LogP contribution in [0, 0.1) is 5.41 Å². The van der Waals surface area contributed by atoms with Gasteiger partial charge in [-0.2, -0.15) is 0 Å². The van der Waals surface area contributed by atoms with E-state index >= 15 is 0 Å². The molecule has 0 atom stereocenters. The van der Waals surface area contributed by atoms with Crippen molar-refractivity contribution < 1.29 is 9.47 Å². The van der Waals surface area contributed by atoms with Gasteiger partial charge in [-0.05, 0) is 12.5 Å². The molecular weight excluding hydrogens is 240 g/mol. The fourth-order valence-electron chi connectivity index (χ4n) is 1.78. The summed E-state index contributed by atoms with van der Waals surface area (Å²) in [7, 11) is 1.48. The summed E-state index contributed by atoms with van der Waals surface area (Å²) in [6, 6.07) is 3.56. The first-order valence-electron chi connectivity index (χ1n) is 6.99. The third kappa shape index (κ3) is 6.22. The molecule has 4 nitrogen and oxygen atoms in total. The van der Waals surface area contributed by atoms with Crippen LogP contribution in [0.4, 0.5) is 0 Å². The Hall–Kier alpha value is -1.58. The summed E-state index contributed by atoms with van der Waals surface area (Å²) in [5.74, 6) is 0.733. The van der Waals surface area contributed by atoms with Crippen molar-refractivity contribution in [1.29, 1.82) is 5.41 Å². The highest BCUT2D eigenvalue weighted by molar-refractivity contribution is 5.91. The van der Waals surface area contributed by atoms with Gasteiger partial charge in [-0.15, -0.1) is 0 Å². The van der Waals surface area contributed by atoms with Crippen LogP contribution in [0.25, 0.3) is 0 Å². The lowest BCUT2D eigenvalue weighted by molar-refractivity contribution is 0.293. The zero-order chi connectivity index (χ0) is 13.9. The van der Waals surface area contributed by atoms with E-state index in [9.17, 15) is 0 Å². The first-order chi connectivity index (χ1) is 9.27. The highest BCUT2D eigenvalue weighted by atomic mass is 16.5. The van der Waals surface area contributed by atoms with Gasteiger partial charge in [0.2, 0.25) is 11.8 Å². The monoisotopic (exact) mass is 264 g/mol. The zero-order valence-electron chi connectivity index (χ0n) is 11.9. The van der Waals surface area contributed by atoms with Crippen LogP contribution in [-0.2, 0) is 4.74 Å². The second-order valence-electron chi connectivity index (χ2n) is 4.53. The van der Waals surface area contributed by atoms with E-state index in [1.54, 1.807) is 18.3 Å². The number of hydrogen-bond acceptors (Lipinski definition) is 4. The van der Waals surface area contributed by atoms with E-state index in [-0.39, 0.29) is 5.90 Å². The molecule has 0 aliphatic heterocycles. The van der Waals surface area contributed by atoms with Crippen molar-refractivity contribution in [3.05, 3.63) is 23.9 Å². The van der Waals surface area contributed by atoms with Gasteiger partial charge in [0.05, 0.1) is 19.3 Å². The average molecular weight is 264 g/mol. The molecule has 0 saturated heterocycles. The normalized spacial score (nSPS) is 10.2. The minimum absolute atomic E-state index is 0.120. The van der Waals surface area contributed by atoms with Crippen LogP contribution < -0.4 is 4.74 Å². The van der Waals surface area contributed by atoms with Crippen molar-refractivity contribution in [2.75, 3.05) is 13.7 Å². The van der Waals surface area contributed by atoms with E-state index in [0.717, 1.165) is 6.42 Å². The summed E-state index contributed by atoms with van der Waals surface area (Å²) in [5, 5.41) is 7.49. The quantitative estimate of drug-likeness (QED) is 0.419. The van der Waals surface area contributed by atoms with Gasteiger partial charge in [-0.1, -0.05) is 39.0 Å². The van der Waals surface area contributed by atoms with Crippen LogP contribution in [-0.4, -0.2) is 24.6 Å². The maximum absolute atomic E-state index is 7.49. The lowest BCUT2D eigenvalue weighted by Gasteiger charge is -2.06. The molecule has 0 spiro atoms. The van der Waals surface area contributed by atoms with E-state index in [1.807, 2.05) is 0 Å². The summed E-state index contributed by atoms with van der Waals surface area (Å²) in [6.07, 6.45) is 9.10. The molecule has 0 radical (unpaired) electrons. The van der Waals surface area contributed by atoms with Crippen LogP contribution >= 0.6 is 0 Å². The Kier molecular flexibility index (Phi) is 7.63. The van der Waals surface area contributed by atoms with Gasteiger partial charge >= 0.3 is 0 Å². The van der Waals surface area contributed by atoms with Crippen molar-refractivity contribution in [3.8, 4) is 5.88 Å². The van der Waals surface area contributed by atoms with Gasteiger partial charge in [-0.25, -0.2) is 4.98 Å². The van der Waals surface area contributed by atoms with Gasteiger partial charge in [0.25, 0.3) is 0 Å². The maximum atomic E-state index is 7.49. The zero-order valence-corrected chi connectivity index (χ0v) is 11.9. The SMILES string of the molecule is CCCCCCCCOc1ccc(C(=N)OC)cn1. The molecule has 0 fully saturated rings. The standard InChI is InChI=1S/C15H24N2O2/c1-3-4-5-6-7-8-11-19-14-10-9-13(12-17-14)15(16)18-2/h9-10,12,16H,3-8,11H2,1-2H3. The highest BCUT2D eigenvalue weighted by Crippen LogP contribution is 2.10. The van der Waals surface area contributed by atoms with E-state index in [1.165, 1.54) is 39.2 Å². The molecule has 0 aromatic carbocycles. The number of hydrogen-bond donors (Lipinski definition) is 1. The molecule has 0 saturated carbocycles. The highest BCUT2D eigenvalue weighted by Gasteiger charge is 2.02. The van der Waals surface area contributed by atoms with Crippen LogP contribution in [0.3, 0.4) is 0 Å². The number of pyridine rings is 1. The topological polar surface area (TPSA) is 55.2 Å². The largest absolute Gasteiger partial charge is 0.481 e. The van der Waals surface area contributed by atoms with E-state index in [4.69, 9.17) is 14.9 Å². The molecule has 0 bridgehead atoms. The molecule has 0 amide bonds. The van der Waals surface area contributed by atoms with Crippen molar-refractivity contribution in [3.63, 3.8) is 0 Å². The van der Waals surface area contributed by atoms with Gasteiger partial charge in [-0.3, -0.25) is 5.41 Å². The van der Waals surface area contributed by atoms with Gasteiger partial charge in [0.1, 0.15) is 0 Å². The lowest BCUT2D eigenvalue weighted by Crippen LogP contribution is -2.03. The maximum Gasteiger partial charge on any atom is 0.214 e. The molecular formula is C15H24N2O2. The van der Waals surface area contributed by atoms with Crippen LogP contribution in [0.2, 0.25) is 0 Å². The molecule has 0 aliphatic carbocycles. The summed E-state index contributed by atoms with van der Waals surface area (Å²) in [4.78, 5) is 4.15. The van der Waals surface area contributed by atoms with Crippen molar-refractivity contribution in [1.82, 2.24) is 4.98 Å². The van der Waals surface area contributed by atoms with Gasteiger partial charge in [0, 0.05) is 12.3 Å². The number of aromatic nitrogens is 1. The third-order valence-corrected chi connectivity index (χ3v) is 2.95. The smallest absolute Gasteiger partial charge is 0.214 e. The number of nitrogens with one attached hydrogen (secondary N) is 1. The van der Waals surface area contributed by atoms with E-state index in [0.29, 0.717) is 18.1 Å². The Balaban J connectivity index is 2.18. The number of rotatable bonds is 9. The first-order valence-corrected chi connectivity index (χ1v) is 6.99. The van der Waals surface area contributed by atoms with E-state index < -0.39 is 0 Å². The fourth-order valence-corrected chi connectivity index (χ4v) is 1.78. The predicted octanol–water partition coefficient (Wildman–Crippen LogP) is 3.79. The number of nitrogens with zero attached hydrogens (tertiary/aromatic N) is 1. The van der Waals surface area contributed by atoms with Crippen molar-refractivity contribution in [2.24, 2.45) is 0 Å². The minimum Gasteiger partial charge on any atom is -0.481 e. The van der Waals surface area contributed by atoms with Crippen molar-refractivity contribution >= 4 is 5.90 Å². The summed E-state index contributed by atoms with van der Waals surface area (Å²) in [6.45, 7) is 2.93. The molecule has 1 rings (SSSR count).